The molecule has 28 heavy (non-hydrogen) atoms. The number of nitrogens with two attached hydrogens (primary N) is 1. The minimum absolute atomic E-state index is 0.00593. The van der Waals surface area contributed by atoms with Crippen LogP contribution in [0.2, 0.25) is 0 Å². The van der Waals surface area contributed by atoms with Crippen molar-refractivity contribution in [2.75, 3.05) is 14.2 Å². The highest BCUT2D eigenvalue weighted by molar-refractivity contribution is 8.18. The van der Waals surface area contributed by atoms with E-state index in [-0.39, 0.29) is 10.8 Å². The molecule has 0 unspecified atom stereocenters. The highest BCUT2D eigenvalue weighted by atomic mass is 32.2. The highest BCUT2D eigenvalue weighted by Gasteiger charge is 2.24. The van der Waals surface area contributed by atoms with Crippen LogP contribution < -0.4 is 19.9 Å². The number of sulfonamides is 1. The summed E-state index contributed by atoms with van der Waals surface area (Å²) in [4.78, 5) is 17.0. The molecule has 1 aliphatic heterocycles. The molecule has 3 rings (SSSR count). The van der Waals surface area contributed by atoms with Gasteiger partial charge in [0.1, 0.15) is 0 Å². The number of primary sulfonamides is 1. The van der Waals surface area contributed by atoms with E-state index >= 15 is 0 Å². The van der Waals surface area contributed by atoms with Crippen molar-refractivity contribution in [1.29, 1.82) is 0 Å². The second-order valence-corrected chi connectivity index (χ2v) is 8.23. The monoisotopic (exact) mass is 419 g/mol. The van der Waals surface area contributed by atoms with Crippen LogP contribution >= 0.6 is 11.8 Å². The SMILES string of the molecule is COc1ccc(C=C2SC(=Nc3ccc(S(N)(=O)=O)cc3)NC2=O)cc1OC. The molecular formula is C18H17N3O5S2. The molecule has 0 aliphatic carbocycles. The van der Waals surface area contributed by atoms with Crippen LogP contribution in [-0.2, 0) is 14.8 Å². The minimum Gasteiger partial charge on any atom is -0.493 e. The Hall–Kier alpha value is -2.82. The number of nitrogens with zero attached hydrogens (tertiary/aromatic N) is 1. The molecule has 2 aromatic rings. The number of hydrogen-bond donors (Lipinski definition) is 2. The van der Waals surface area contributed by atoms with E-state index in [1.165, 1.54) is 43.1 Å². The fourth-order valence-electron chi connectivity index (χ4n) is 2.40. The van der Waals surface area contributed by atoms with E-state index < -0.39 is 10.0 Å². The first-order chi connectivity index (χ1) is 13.3. The summed E-state index contributed by atoms with van der Waals surface area (Å²) in [5, 5.41) is 8.13. The van der Waals surface area contributed by atoms with E-state index in [1.807, 2.05) is 6.07 Å². The lowest BCUT2D eigenvalue weighted by atomic mass is 10.2. The summed E-state index contributed by atoms with van der Waals surface area (Å²) in [6, 6.07) is 11.1. The van der Waals surface area contributed by atoms with Gasteiger partial charge >= 0.3 is 0 Å². The first-order valence-electron chi connectivity index (χ1n) is 7.94. The van der Waals surface area contributed by atoms with Gasteiger partial charge in [-0.25, -0.2) is 18.5 Å². The third kappa shape index (κ3) is 4.53. The Labute approximate surface area is 166 Å². The Balaban J connectivity index is 1.81. The lowest BCUT2D eigenvalue weighted by Crippen LogP contribution is -2.19. The number of amidine groups is 1. The second-order valence-electron chi connectivity index (χ2n) is 5.64. The highest BCUT2D eigenvalue weighted by Crippen LogP contribution is 2.32. The van der Waals surface area contributed by atoms with Gasteiger partial charge in [-0.15, -0.1) is 0 Å². The Morgan fingerprint density at radius 1 is 1.07 bits per heavy atom. The third-order valence-corrected chi connectivity index (χ3v) is 5.59. The first kappa shape index (κ1) is 19.9. The van der Waals surface area contributed by atoms with Gasteiger partial charge in [0.25, 0.3) is 5.91 Å². The predicted octanol–water partition coefficient (Wildman–Crippen LogP) is 2.24. The molecule has 8 nitrogen and oxygen atoms in total. The lowest BCUT2D eigenvalue weighted by molar-refractivity contribution is -0.115. The molecule has 0 radical (unpaired) electrons. The summed E-state index contributed by atoms with van der Waals surface area (Å²) in [6.45, 7) is 0. The molecule has 3 N–H and O–H groups in total. The van der Waals surface area contributed by atoms with E-state index in [4.69, 9.17) is 14.6 Å². The number of hydrogen-bond acceptors (Lipinski definition) is 7. The van der Waals surface area contributed by atoms with Crippen molar-refractivity contribution in [3.05, 3.63) is 52.9 Å². The lowest BCUT2D eigenvalue weighted by Gasteiger charge is -2.07. The maximum absolute atomic E-state index is 12.2. The summed E-state index contributed by atoms with van der Waals surface area (Å²) >= 11 is 1.18. The van der Waals surface area contributed by atoms with Crippen LogP contribution in [0, 0.1) is 0 Å². The number of ether oxygens (including phenoxy) is 2. The van der Waals surface area contributed by atoms with Gasteiger partial charge in [0.2, 0.25) is 10.0 Å². The van der Waals surface area contributed by atoms with E-state index in [1.54, 1.807) is 25.3 Å². The number of amides is 1. The first-order valence-corrected chi connectivity index (χ1v) is 10.3. The van der Waals surface area contributed by atoms with Crippen LogP contribution in [0.3, 0.4) is 0 Å². The van der Waals surface area contributed by atoms with Crippen LogP contribution in [0.15, 0.2) is 57.3 Å². The fraction of sp³-hybridized carbons (Fsp3) is 0.111. The average molecular weight is 419 g/mol. The van der Waals surface area contributed by atoms with Crippen molar-refractivity contribution in [2.45, 2.75) is 4.90 Å². The van der Waals surface area contributed by atoms with Gasteiger partial charge in [-0.2, -0.15) is 0 Å². The maximum Gasteiger partial charge on any atom is 0.264 e. The summed E-state index contributed by atoms with van der Waals surface area (Å²) in [5.74, 6) is 0.877. The van der Waals surface area contributed by atoms with Crippen LogP contribution in [0.1, 0.15) is 5.56 Å². The Bertz CT molecular complexity index is 1080. The van der Waals surface area contributed by atoms with Crippen molar-refractivity contribution in [3.8, 4) is 11.5 Å². The molecule has 0 saturated carbocycles. The summed E-state index contributed by atoms with van der Waals surface area (Å²) in [5.41, 5.74) is 1.26. The van der Waals surface area contributed by atoms with Gasteiger partial charge in [-0.05, 0) is 59.8 Å². The van der Waals surface area contributed by atoms with Gasteiger partial charge in [-0.1, -0.05) is 6.07 Å². The van der Waals surface area contributed by atoms with Crippen LogP contribution in [0.4, 0.5) is 5.69 Å². The molecule has 1 fully saturated rings. The number of methoxy groups -OCH3 is 2. The van der Waals surface area contributed by atoms with Crippen molar-refractivity contribution in [1.82, 2.24) is 5.32 Å². The number of carbonyl (C=O) groups is 1. The zero-order valence-corrected chi connectivity index (χ0v) is 16.6. The summed E-state index contributed by atoms with van der Waals surface area (Å²) in [6.07, 6.45) is 1.72. The number of nitrogens with one attached hydrogen (secondary N) is 1. The van der Waals surface area contributed by atoms with E-state index in [2.05, 4.69) is 10.3 Å². The number of aliphatic imine (C=N–C) groups is 1. The number of rotatable bonds is 5. The topological polar surface area (TPSA) is 120 Å². The number of benzene rings is 2. The standard InChI is InChI=1S/C18H17N3O5S2/c1-25-14-8-3-11(9-15(14)26-2)10-16-17(22)21-18(27-16)20-12-4-6-13(7-5-12)28(19,23)24/h3-10H,1-2H3,(H2,19,23,24)(H,20,21,22). The maximum atomic E-state index is 12.2. The Morgan fingerprint density at radius 3 is 2.36 bits per heavy atom. The van der Waals surface area contributed by atoms with E-state index in [0.29, 0.717) is 27.3 Å². The zero-order valence-electron chi connectivity index (χ0n) is 15.0. The largest absolute Gasteiger partial charge is 0.493 e. The third-order valence-electron chi connectivity index (χ3n) is 3.75. The minimum atomic E-state index is -3.76. The Kier molecular flexibility index (Phi) is 5.73. The molecule has 1 saturated heterocycles. The molecule has 1 aliphatic rings. The Morgan fingerprint density at radius 2 is 1.75 bits per heavy atom. The molecule has 0 spiro atoms. The summed E-state index contributed by atoms with van der Waals surface area (Å²) < 4.78 is 33.0. The number of carbonyl (C=O) groups excluding carboxylic acids is 1. The van der Waals surface area contributed by atoms with Gasteiger partial charge in [0.15, 0.2) is 16.7 Å². The van der Waals surface area contributed by atoms with Gasteiger partial charge in [0.05, 0.1) is 29.7 Å². The molecule has 10 heteroatoms. The molecular weight excluding hydrogens is 402 g/mol. The average Bonchev–Trinajstić information content (AvgIpc) is 3.00. The van der Waals surface area contributed by atoms with Gasteiger partial charge < -0.3 is 14.8 Å². The second kappa shape index (κ2) is 8.05. The molecule has 0 aromatic heterocycles. The van der Waals surface area contributed by atoms with Crippen molar-refractivity contribution >= 4 is 44.6 Å². The molecule has 1 amide bonds. The smallest absolute Gasteiger partial charge is 0.264 e. The molecule has 2 aromatic carbocycles. The van der Waals surface area contributed by atoms with Crippen LogP contribution in [0.25, 0.3) is 6.08 Å². The molecule has 146 valence electrons. The quantitative estimate of drug-likeness (QED) is 0.717. The number of thioether (sulfide) groups is 1. The van der Waals surface area contributed by atoms with Gasteiger partial charge in [-0.3, -0.25) is 4.79 Å². The summed E-state index contributed by atoms with van der Waals surface area (Å²) in [7, 11) is -0.672. The fourth-order valence-corrected chi connectivity index (χ4v) is 3.76. The van der Waals surface area contributed by atoms with E-state index in [9.17, 15) is 13.2 Å². The van der Waals surface area contributed by atoms with Gasteiger partial charge in [0, 0.05) is 0 Å². The normalized spacial score (nSPS) is 17.0. The van der Waals surface area contributed by atoms with Crippen molar-refractivity contribution in [3.63, 3.8) is 0 Å². The molecule has 0 atom stereocenters. The van der Waals surface area contributed by atoms with Crippen molar-refractivity contribution in [2.24, 2.45) is 10.1 Å². The van der Waals surface area contributed by atoms with E-state index in [0.717, 1.165) is 5.56 Å². The molecule has 1 heterocycles. The van der Waals surface area contributed by atoms with Crippen molar-refractivity contribution < 1.29 is 22.7 Å². The van der Waals surface area contributed by atoms with Crippen LogP contribution in [0.5, 0.6) is 11.5 Å². The zero-order chi connectivity index (χ0) is 20.3. The van der Waals surface area contributed by atoms with Crippen LogP contribution in [-0.4, -0.2) is 33.7 Å². The predicted molar refractivity (Wildman–Crippen MR) is 108 cm³/mol. The molecule has 0 bridgehead atoms.